The van der Waals surface area contributed by atoms with E-state index in [1.165, 1.54) is 12.0 Å². The van der Waals surface area contributed by atoms with Crippen LogP contribution >= 0.6 is 11.6 Å². The third-order valence-electron chi connectivity index (χ3n) is 3.08. The molecule has 15 heavy (non-hydrogen) atoms. The van der Waals surface area contributed by atoms with Crippen LogP contribution in [0, 0.1) is 5.92 Å². The molecule has 0 radical (unpaired) electrons. The third kappa shape index (κ3) is 2.82. The first kappa shape index (κ1) is 10.7. The molecule has 1 atom stereocenters. The molecule has 1 aliphatic carbocycles. The second-order valence-corrected chi connectivity index (χ2v) is 4.68. The molecule has 1 unspecified atom stereocenters. The van der Waals surface area contributed by atoms with Crippen molar-refractivity contribution in [1.82, 2.24) is 0 Å². The van der Waals surface area contributed by atoms with Crippen LogP contribution in [0.3, 0.4) is 0 Å². The predicted molar refractivity (Wildman–Crippen MR) is 62.1 cm³/mol. The van der Waals surface area contributed by atoms with Crippen molar-refractivity contribution in [1.29, 1.82) is 0 Å². The van der Waals surface area contributed by atoms with E-state index in [1.807, 2.05) is 24.3 Å². The standard InChI is InChI=1S/C13H15ClO/c14-12-7-5-10(6-8-12)9-11-3-1-2-4-13(11)15/h5-8,11H,1-4,9H2. The molecule has 1 aromatic rings. The van der Waals surface area contributed by atoms with Crippen LogP contribution in [0.5, 0.6) is 0 Å². The zero-order valence-corrected chi connectivity index (χ0v) is 9.46. The van der Waals surface area contributed by atoms with E-state index in [0.717, 1.165) is 30.7 Å². The van der Waals surface area contributed by atoms with E-state index >= 15 is 0 Å². The smallest absolute Gasteiger partial charge is 0.136 e. The molecule has 1 aliphatic rings. The summed E-state index contributed by atoms with van der Waals surface area (Å²) in [6.07, 6.45) is 5.00. The summed E-state index contributed by atoms with van der Waals surface area (Å²) in [5.41, 5.74) is 1.22. The maximum Gasteiger partial charge on any atom is 0.136 e. The Balaban J connectivity index is 2.01. The largest absolute Gasteiger partial charge is 0.299 e. The number of ketones is 1. The van der Waals surface area contributed by atoms with E-state index in [0.29, 0.717) is 5.78 Å². The Labute approximate surface area is 95.4 Å². The minimum absolute atomic E-state index is 0.250. The third-order valence-corrected chi connectivity index (χ3v) is 3.33. The second-order valence-electron chi connectivity index (χ2n) is 4.24. The molecule has 1 aromatic carbocycles. The zero-order valence-electron chi connectivity index (χ0n) is 8.71. The number of benzene rings is 1. The molecule has 0 amide bonds. The molecule has 1 saturated carbocycles. The molecular weight excluding hydrogens is 208 g/mol. The Morgan fingerprint density at radius 2 is 1.93 bits per heavy atom. The fourth-order valence-electron chi connectivity index (χ4n) is 2.18. The van der Waals surface area contributed by atoms with Crippen LogP contribution in [-0.4, -0.2) is 5.78 Å². The average Bonchev–Trinajstić information content (AvgIpc) is 2.25. The zero-order chi connectivity index (χ0) is 10.7. The van der Waals surface area contributed by atoms with Gasteiger partial charge in [-0.3, -0.25) is 4.79 Å². The average molecular weight is 223 g/mol. The van der Waals surface area contributed by atoms with Gasteiger partial charge < -0.3 is 0 Å². The van der Waals surface area contributed by atoms with Crippen molar-refractivity contribution in [3.8, 4) is 0 Å². The molecule has 1 nitrogen and oxygen atoms in total. The quantitative estimate of drug-likeness (QED) is 0.747. The lowest BCUT2D eigenvalue weighted by Gasteiger charge is -2.20. The molecule has 2 heteroatoms. The Morgan fingerprint density at radius 1 is 1.20 bits per heavy atom. The number of hydrogen-bond donors (Lipinski definition) is 0. The molecule has 0 aromatic heterocycles. The maximum absolute atomic E-state index is 11.6. The maximum atomic E-state index is 11.6. The number of rotatable bonds is 2. The van der Waals surface area contributed by atoms with Gasteiger partial charge in [0.25, 0.3) is 0 Å². The lowest BCUT2D eigenvalue weighted by Crippen LogP contribution is -2.20. The van der Waals surface area contributed by atoms with Crippen molar-refractivity contribution in [3.05, 3.63) is 34.9 Å². The van der Waals surface area contributed by atoms with Crippen molar-refractivity contribution in [3.63, 3.8) is 0 Å². The van der Waals surface area contributed by atoms with Gasteiger partial charge in [0.05, 0.1) is 0 Å². The number of carbonyl (C=O) groups excluding carboxylic acids is 1. The van der Waals surface area contributed by atoms with E-state index in [9.17, 15) is 4.79 Å². The van der Waals surface area contributed by atoms with Gasteiger partial charge in [-0.05, 0) is 37.0 Å². The lowest BCUT2D eigenvalue weighted by atomic mass is 9.84. The molecule has 0 bridgehead atoms. The Kier molecular flexibility index (Phi) is 3.42. The van der Waals surface area contributed by atoms with Crippen LogP contribution in [-0.2, 0) is 11.2 Å². The van der Waals surface area contributed by atoms with E-state index in [2.05, 4.69) is 0 Å². The van der Waals surface area contributed by atoms with Crippen LogP contribution in [0.25, 0.3) is 0 Å². The van der Waals surface area contributed by atoms with Gasteiger partial charge in [0, 0.05) is 17.4 Å². The molecule has 0 saturated heterocycles. The van der Waals surface area contributed by atoms with Crippen LogP contribution < -0.4 is 0 Å². The van der Waals surface area contributed by atoms with Crippen molar-refractivity contribution >= 4 is 17.4 Å². The van der Waals surface area contributed by atoms with Gasteiger partial charge in [-0.15, -0.1) is 0 Å². The Bertz CT molecular complexity index is 342. The van der Waals surface area contributed by atoms with Crippen LogP contribution in [0.1, 0.15) is 31.2 Å². The highest BCUT2D eigenvalue weighted by molar-refractivity contribution is 6.30. The molecule has 0 heterocycles. The fourth-order valence-corrected chi connectivity index (χ4v) is 2.30. The molecule has 0 N–H and O–H groups in total. The summed E-state index contributed by atoms with van der Waals surface area (Å²) in [6, 6.07) is 7.82. The first-order valence-electron chi connectivity index (χ1n) is 5.53. The second kappa shape index (κ2) is 4.80. The molecule has 0 spiro atoms. The SMILES string of the molecule is O=C1CCCCC1Cc1ccc(Cl)cc1. The van der Waals surface area contributed by atoms with E-state index < -0.39 is 0 Å². The van der Waals surface area contributed by atoms with Gasteiger partial charge in [-0.2, -0.15) is 0 Å². The summed E-state index contributed by atoms with van der Waals surface area (Å²) in [5, 5.41) is 0.758. The summed E-state index contributed by atoms with van der Waals surface area (Å²) in [6.45, 7) is 0. The first-order valence-corrected chi connectivity index (χ1v) is 5.90. The monoisotopic (exact) mass is 222 g/mol. The Morgan fingerprint density at radius 3 is 2.60 bits per heavy atom. The fraction of sp³-hybridized carbons (Fsp3) is 0.462. The summed E-state index contributed by atoms with van der Waals surface area (Å²) < 4.78 is 0. The van der Waals surface area contributed by atoms with Crippen molar-refractivity contribution in [2.75, 3.05) is 0 Å². The number of hydrogen-bond acceptors (Lipinski definition) is 1. The van der Waals surface area contributed by atoms with Gasteiger partial charge in [0.2, 0.25) is 0 Å². The summed E-state index contributed by atoms with van der Waals surface area (Å²) in [4.78, 5) is 11.6. The molecule has 0 aliphatic heterocycles. The van der Waals surface area contributed by atoms with Crippen molar-refractivity contribution < 1.29 is 4.79 Å². The number of halogens is 1. The molecule has 2 rings (SSSR count). The normalized spacial score (nSPS) is 21.7. The molecular formula is C13H15ClO. The van der Waals surface area contributed by atoms with Crippen LogP contribution in [0.4, 0.5) is 0 Å². The van der Waals surface area contributed by atoms with Gasteiger partial charge in [0.1, 0.15) is 5.78 Å². The van der Waals surface area contributed by atoms with Crippen LogP contribution in [0.15, 0.2) is 24.3 Å². The van der Waals surface area contributed by atoms with Crippen molar-refractivity contribution in [2.45, 2.75) is 32.1 Å². The van der Waals surface area contributed by atoms with Gasteiger partial charge in [0.15, 0.2) is 0 Å². The molecule has 80 valence electrons. The molecule has 1 fully saturated rings. The highest BCUT2D eigenvalue weighted by Gasteiger charge is 2.21. The van der Waals surface area contributed by atoms with Gasteiger partial charge in [-0.25, -0.2) is 0 Å². The number of carbonyl (C=O) groups is 1. The summed E-state index contributed by atoms with van der Waals surface area (Å²) in [7, 11) is 0. The minimum Gasteiger partial charge on any atom is -0.299 e. The predicted octanol–water partition coefficient (Wildman–Crippen LogP) is 3.64. The Hall–Kier alpha value is -0.820. The van der Waals surface area contributed by atoms with Crippen LogP contribution in [0.2, 0.25) is 5.02 Å². The highest BCUT2D eigenvalue weighted by Crippen LogP contribution is 2.24. The summed E-state index contributed by atoms with van der Waals surface area (Å²) in [5.74, 6) is 0.691. The van der Waals surface area contributed by atoms with Crippen molar-refractivity contribution in [2.24, 2.45) is 5.92 Å². The van der Waals surface area contributed by atoms with E-state index in [4.69, 9.17) is 11.6 Å². The minimum atomic E-state index is 0.250. The topological polar surface area (TPSA) is 17.1 Å². The van der Waals surface area contributed by atoms with E-state index in [-0.39, 0.29) is 5.92 Å². The van der Waals surface area contributed by atoms with Gasteiger partial charge >= 0.3 is 0 Å². The summed E-state index contributed by atoms with van der Waals surface area (Å²) >= 11 is 5.82. The van der Waals surface area contributed by atoms with Gasteiger partial charge in [-0.1, -0.05) is 30.2 Å². The highest BCUT2D eigenvalue weighted by atomic mass is 35.5. The lowest BCUT2D eigenvalue weighted by molar-refractivity contribution is -0.124. The number of Topliss-reactive ketones (excluding diaryl/α,β-unsaturated/α-hetero) is 1. The first-order chi connectivity index (χ1) is 7.25. The van der Waals surface area contributed by atoms with E-state index in [1.54, 1.807) is 0 Å².